The quantitative estimate of drug-likeness (QED) is 0.424. The number of hydrogen-bond acceptors (Lipinski definition) is 1. The predicted octanol–water partition coefficient (Wildman–Crippen LogP) is 0.939. The van der Waals surface area contributed by atoms with Crippen molar-refractivity contribution in [2.24, 2.45) is 0 Å². The van der Waals surface area contributed by atoms with Gasteiger partial charge in [0, 0.05) is 0 Å². The second-order valence-corrected chi connectivity index (χ2v) is 2.28. The van der Waals surface area contributed by atoms with Crippen LogP contribution in [0.3, 0.4) is 0 Å². The van der Waals surface area contributed by atoms with Crippen molar-refractivity contribution in [2.45, 2.75) is 24.9 Å². The highest BCUT2D eigenvalue weighted by atomic mass is 16.5. The molecule has 0 N–H and O–H groups in total. The number of hydrogen-bond donors (Lipinski definition) is 0. The largest absolute Gasteiger partial charge is 0.375 e. The maximum atomic E-state index is 5.23. The Morgan fingerprint density at radius 3 is 1.83 bits per heavy atom. The van der Waals surface area contributed by atoms with Crippen molar-refractivity contribution in [3.63, 3.8) is 0 Å². The Labute approximate surface area is 37.3 Å². The fraction of sp³-hybridized carbons (Fsp3) is 1.00. The van der Waals surface area contributed by atoms with Crippen LogP contribution in [0.2, 0.25) is 0 Å². The lowest BCUT2D eigenvalue weighted by atomic mass is 10.2. The van der Waals surface area contributed by atoms with Gasteiger partial charge in [0.25, 0.3) is 0 Å². The normalized spacial score (nSPS) is 36.0. The van der Waals surface area contributed by atoms with Gasteiger partial charge in [-0.15, -0.1) is 0 Å². The van der Waals surface area contributed by atoms with Crippen molar-refractivity contribution in [3.05, 3.63) is 0 Å². The molecule has 0 radical (unpaired) electrons. The van der Waals surface area contributed by atoms with E-state index in [9.17, 15) is 0 Å². The molecule has 1 nitrogen and oxygen atoms in total. The van der Waals surface area contributed by atoms with Crippen LogP contribution in [0, 0.1) is 0 Å². The van der Waals surface area contributed by atoms with E-state index in [1.807, 2.05) is 0 Å². The first-order chi connectivity index (χ1) is 2.91. The fourth-order valence-electron chi connectivity index (χ4n) is 0.924. The lowest BCUT2D eigenvalue weighted by molar-refractivity contribution is -0.0724. The van der Waals surface area contributed by atoms with Crippen LogP contribution in [0.25, 0.3) is 0 Å². The fourth-order valence-corrected chi connectivity index (χ4v) is 0.924. The third-order valence-electron chi connectivity index (χ3n) is 1.77. The third kappa shape index (κ3) is 0.207. The van der Waals surface area contributed by atoms with Crippen molar-refractivity contribution >= 4 is 0 Å². The summed E-state index contributed by atoms with van der Waals surface area (Å²) in [5.41, 5.74) is 0.472. The van der Waals surface area contributed by atoms with Crippen LogP contribution in [0.15, 0.2) is 0 Å². The van der Waals surface area contributed by atoms with Crippen LogP contribution in [-0.4, -0.2) is 12.2 Å². The Balaban J connectivity index is 2.09. The third-order valence-corrected chi connectivity index (χ3v) is 1.77. The molecule has 1 aliphatic carbocycles. The Bertz CT molecular complexity index is 68.0. The van der Waals surface area contributed by atoms with Crippen LogP contribution in [0.4, 0.5) is 0 Å². The first-order valence-electron chi connectivity index (χ1n) is 2.55. The van der Waals surface area contributed by atoms with E-state index in [-0.39, 0.29) is 0 Å². The van der Waals surface area contributed by atoms with E-state index in [0.29, 0.717) is 5.60 Å². The lowest BCUT2D eigenvalue weighted by Crippen LogP contribution is -2.28. The standard InChI is InChI=1S/C5H8O/c1-2-5(1)3-4-6-5/h1-4H2. The van der Waals surface area contributed by atoms with Crippen LogP contribution in [0.1, 0.15) is 19.3 Å². The Hall–Kier alpha value is -0.0400. The summed E-state index contributed by atoms with van der Waals surface area (Å²) in [5.74, 6) is 0. The molecule has 1 saturated heterocycles. The predicted molar refractivity (Wildman–Crippen MR) is 22.5 cm³/mol. The van der Waals surface area contributed by atoms with Crippen molar-refractivity contribution in [3.8, 4) is 0 Å². The number of ether oxygens (including phenoxy) is 1. The molecule has 2 fully saturated rings. The smallest absolute Gasteiger partial charge is 0.0706 e. The molecule has 0 aromatic rings. The first kappa shape index (κ1) is 3.03. The molecule has 1 heterocycles. The summed E-state index contributed by atoms with van der Waals surface area (Å²) in [7, 11) is 0. The zero-order valence-electron chi connectivity index (χ0n) is 3.74. The Kier molecular flexibility index (Phi) is 0.327. The van der Waals surface area contributed by atoms with Crippen molar-refractivity contribution in [1.29, 1.82) is 0 Å². The second kappa shape index (κ2) is 0.648. The van der Waals surface area contributed by atoms with E-state index in [1.165, 1.54) is 19.3 Å². The highest BCUT2D eigenvalue weighted by molar-refractivity contribution is 5.00. The van der Waals surface area contributed by atoms with Gasteiger partial charge in [-0.1, -0.05) is 0 Å². The maximum Gasteiger partial charge on any atom is 0.0706 e. The monoisotopic (exact) mass is 84.1 g/mol. The van der Waals surface area contributed by atoms with Gasteiger partial charge in [-0.25, -0.2) is 0 Å². The molecule has 34 valence electrons. The van der Waals surface area contributed by atoms with Gasteiger partial charge >= 0.3 is 0 Å². The molecule has 2 rings (SSSR count). The van der Waals surface area contributed by atoms with E-state index in [4.69, 9.17) is 4.74 Å². The molecule has 0 aromatic heterocycles. The summed E-state index contributed by atoms with van der Waals surface area (Å²) in [5, 5.41) is 0. The highest BCUT2D eigenvalue weighted by Gasteiger charge is 2.49. The second-order valence-electron chi connectivity index (χ2n) is 2.28. The first-order valence-corrected chi connectivity index (χ1v) is 2.55. The zero-order chi connectivity index (χ0) is 4.04. The molecule has 1 aliphatic heterocycles. The molecule has 0 bridgehead atoms. The molecule has 0 unspecified atom stereocenters. The number of rotatable bonds is 0. The van der Waals surface area contributed by atoms with Gasteiger partial charge in [0.1, 0.15) is 0 Å². The van der Waals surface area contributed by atoms with Gasteiger partial charge in [-0.2, -0.15) is 0 Å². The maximum absolute atomic E-state index is 5.23. The van der Waals surface area contributed by atoms with Gasteiger partial charge in [0.05, 0.1) is 12.2 Å². The SMILES string of the molecule is C1CC2(CC2)O1. The molecule has 0 aromatic carbocycles. The van der Waals surface area contributed by atoms with Crippen molar-refractivity contribution in [2.75, 3.05) is 6.61 Å². The van der Waals surface area contributed by atoms with E-state index in [0.717, 1.165) is 6.61 Å². The summed E-state index contributed by atoms with van der Waals surface area (Å²) >= 11 is 0. The Morgan fingerprint density at radius 2 is 1.83 bits per heavy atom. The van der Waals surface area contributed by atoms with Gasteiger partial charge < -0.3 is 4.74 Å². The van der Waals surface area contributed by atoms with Crippen LogP contribution >= 0.6 is 0 Å². The van der Waals surface area contributed by atoms with E-state index in [2.05, 4.69) is 0 Å². The minimum Gasteiger partial charge on any atom is -0.375 e. The summed E-state index contributed by atoms with van der Waals surface area (Å²) < 4.78 is 5.23. The van der Waals surface area contributed by atoms with E-state index >= 15 is 0 Å². The average Bonchev–Trinajstić information content (AvgIpc) is 2.02. The van der Waals surface area contributed by atoms with E-state index in [1.54, 1.807) is 0 Å². The molecule has 0 atom stereocenters. The van der Waals surface area contributed by atoms with Crippen LogP contribution in [-0.2, 0) is 4.74 Å². The minimum absolute atomic E-state index is 0.472. The molecule has 1 heteroatoms. The molecule has 1 spiro atoms. The minimum atomic E-state index is 0.472. The highest BCUT2D eigenvalue weighted by Crippen LogP contribution is 2.48. The topological polar surface area (TPSA) is 9.23 Å². The van der Waals surface area contributed by atoms with Gasteiger partial charge in [0.15, 0.2) is 0 Å². The Morgan fingerprint density at radius 1 is 1.17 bits per heavy atom. The van der Waals surface area contributed by atoms with Gasteiger partial charge in [0.2, 0.25) is 0 Å². The molecule has 1 saturated carbocycles. The summed E-state index contributed by atoms with van der Waals surface area (Å²) in [6.07, 6.45) is 4.02. The van der Waals surface area contributed by atoms with Crippen LogP contribution in [0.5, 0.6) is 0 Å². The van der Waals surface area contributed by atoms with Crippen LogP contribution < -0.4 is 0 Å². The summed E-state index contributed by atoms with van der Waals surface area (Å²) in [6, 6.07) is 0. The molecule has 0 amide bonds. The van der Waals surface area contributed by atoms with Crippen molar-refractivity contribution in [1.82, 2.24) is 0 Å². The zero-order valence-corrected chi connectivity index (χ0v) is 3.74. The van der Waals surface area contributed by atoms with Crippen molar-refractivity contribution < 1.29 is 4.74 Å². The summed E-state index contributed by atoms with van der Waals surface area (Å²) in [6.45, 7) is 1.03. The van der Waals surface area contributed by atoms with E-state index < -0.39 is 0 Å². The molecular formula is C5H8O. The van der Waals surface area contributed by atoms with Gasteiger partial charge in [-0.05, 0) is 19.3 Å². The lowest BCUT2D eigenvalue weighted by Gasteiger charge is -2.25. The molecule has 2 aliphatic rings. The molecule has 6 heavy (non-hydrogen) atoms. The average molecular weight is 84.1 g/mol. The molecular weight excluding hydrogens is 76.1 g/mol. The van der Waals surface area contributed by atoms with Gasteiger partial charge in [-0.3, -0.25) is 0 Å². The summed E-state index contributed by atoms with van der Waals surface area (Å²) in [4.78, 5) is 0.